The van der Waals surface area contributed by atoms with Crippen LogP contribution in [0.1, 0.15) is 16.8 Å². The number of nitrogens with two attached hydrogens (primary N) is 1. The zero-order valence-electron chi connectivity index (χ0n) is 10.8. The Morgan fingerprint density at radius 3 is 2.71 bits per heavy atom. The van der Waals surface area contributed by atoms with Gasteiger partial charge in [0.1, 0.15) is 5.82 Å². The molecule has 9 heteroatoms. The summed E-state index contributed by atoms with van der Waals surface area (Å²) in [4.78, 5) is 24.2. The molecule has 1 atom stereocenters. The molecule has 1 aliphatic heterocycles. The van der Waals surface area contributed by atoms with Crippen LogP contribution in [0, 0.1) is 11.7 Å². The molecule has 0 saturated carbocycles. The monoisotopic (exact) mass is 316 g/mol. The normalized spacial score (nSPS) is 19.0. The average molecular weight is 316 g/mol. The molecule has 0 aliphatic carbocycles. The van der Waals surface area contributed by atoms with E-state index in [1.165, 1.54) is 6.07 Å². The number of anilines is 1. The minimum atomic E-state index is -3.72. The Labute approximate surface area is 120 Å². The first-order valence-corrected chi connectivity index (χ1v) is 7.72. The molecular formula is C12H13FN2O5S. The van der Waals surface area contributed by atoms with Crippen LogP contribution < -0.4 is 10.0 Å². The van der Waals surface area contributed by atoms with Crippen molar-refractivity contribution in [2.45, 2.75) is 6.42 Å². The van der Waals surface area contributed by atoms with Gasteiger partial charge >= 0.3 is 5.97 Å². The highest BCUT2D eigenvalue weighted by Gasteiger charge is 2.34. The van der Waals surface area contributed by atoms with Gasteiger partial charge in [0.05, 0.1) is 17.0 Å². The van der Waals surface area contributed by atoms with Crippen LogP contribution >= 0.6 is 0 Å². The van der Waals surface area contributed by atoms with E-state index in [9.17, 15) is 22.4 Å². The molecule has 1 aromatic rings. The third-order valence-electron chi connectivity index (χ3n) is 3.15. The van der Waals surface area contributed by atoms with Gasteiger partial charge in [-0.2, -0.15) is 0 Å². The highest BCUT2D eigenvalue weighted by atomic mass is 32.2. The number of nitrogens with zero attached hydrogens (tertiary/aromatic N) is 1. The van der Waals surface area contributed by atoms with Gasteiger partial charge in [-0.25, -0.2) is 22.7 Å². The number of aromatic carboxylic acids is 1. The van der Waals surface area contributed by atoms with E-state index < -0.39 is 33.6 Å². The zero-order valence-corrected chi connectivity index (χ0v) is 11.6. The molecule has 1 aromatic carbocycles. The second kappa shape index (κ2) is 5.41. The minimum absolute atomic E-state index is 0.0289. The predicted octanol–water partition coefficient (Wildman–Crippen LogP) is 0.165. The number of benzene rings is 1. The second-order valence-electron chi connectivity index (χ2n) is 4.87. The molecule has 1 saturated heterocycles. The smallest absolute Gasteiger partial charge is 0.337 e. The number of sulfonamides is 1. The lowest BCUT2D eigenvalue weighted by Crippen LogP contribution is -2.28. The van der Waals surface area contributed by atoms with Crippen molar-refractivity contribution in [1.82, 2.24) is 0 Å². The fourth-order valence-electron chi connectivity index (χ4n) is 2.37. The highest BCUT2D eigenvalue weighted by Crippen LogP contribution is 2.29. The highest BCUT2D eigenvalue weighted by molar-refractivity contribution is 7.89. The van der Waals surface area contributed by atoms with Crippen molar-refractivity contribution in [2.75, 3.05) is 17.2 Å². The van der Waals surface area contributed by atoms with Crippen LogP contribution in [0.2, 0.25) is 0 Å². The van der Waals surface area contributed by atoms with Crippen molar-refractivity contribution in [3.8, 4) is 0 Å². The number of halogens is 1. The molecule has 0 spiro atoms. The van der Waals surface area contributed by atoms with Crippen LogP contribution in [0.15, 0.2) is 18.2 Å². The van der Waals surface area contributed by atoms with Gasteiger partial charge in [0.2, 0.25) is 15.9 Å². The SMILES string of the molecule is NS(=O)(=O)CC1CC(=O)N(c2ccc(F)cc2C(=O)O)C1. The number of rotatable bonds is 4. The summed E-state index contributed by atoms with van der Waals surface area (Å²) >= 11 is 0. The molecule has 1 unspecified atom stereocenters. The van der Waals surface area contributed by atoms with Gasteiger partial charge in [-0.15, -0.1) is 0 Å². The lowest BCUT2D eigenvalue weighted by Gasteiger charge is -2.18. The van der Waals surface area contributed by atoms with E-state index in [-0.39, 0.29) is 30.0 Å². The van der Waals surface area contributed by atoms with Crippen LogP contribution in [0.3, 0.4) is 0 Å². The molecule has 7 nitrogen and oxygen atoms in total. The Kier molecular flexibility index (Phi) is 3.97. The molecule has 1 amide bonds. The number of carbonyl (C=O) groups excluding carboxylic acids is 1. The first-order chi connectivity index (χ1) is 9.67. The topological polar surface area (TPSA) is 118 Å². The fourth-order valence-corrected chi connectivity index (χ4v) is 3.25. The Bertz CT molecular complexity index is 704. The molecule has 2 rings (SSSR count). The summed E-state index contributed by atoms with van der Waals surface area (Å²) in [6.45, 7) is 0.0289. The Morgan fingerprint density at radius 1 is 1.48 bits per heavy atom. The number of carboxylic acid groups (broad SMARTS) is 1. The van der Waals surface area contributed by atoms with Crippen LogP contribution in [0.4, 0.5) is 10.1 Å². The van der Waals surface area contributed by atoms with Crippen molar-refractivity contribution < 1.29 is 27.5 Å². The lowest BCUT2D eigenvalue weighted by atomic mass is 10.1. The first kappa shape index (κ1) is 15.4. The summed E-state index contributed by atoms with van der Waals surface area (Å²) in [6, 6.07) is 3.05. The lowest BCUT2D eigenvalue weighted by molar-refractivity contribution is -0.117. The summed E-state index contributed by atoms with van der Waals surface area (Å²) in [5, 5.41) is 14.0. The van der Waals surface area contributed by atoms with Crippen molar-refractivity contribution in [3.63, 3.8) is 0 Å². The van der Waals surface area contributed by atoms with Crippen molar-refractivity contribution in [1.29, 1.82) is 0 Å². The number of amides is 1. The molecular weight excluding hydrogens is 303 g/mol. The van der Waals surface area contributed by atoms with E-state index in [4.69, 9.17) is 10.2 Å². The quantitative estimate of drug-likeness (QED) is 0.820. The fraction of sp³-hybridized carbons (Fsp3) is 0.333. The minimum Gasteiger partial charge on any atom is -0.478 e. The Balaban J connectivity index is 2.31. The van der Waals surface area contributed by atoms with Crippen LogP contribution in [-0.4, -0.2) is 37.7 Å². The van der Waals surface area contributed by atoms with Gasteiger partial charge in [0, 0.05) is 18.9 Å². The van der Waals surface area contributed by atoms with Crippen LogP contribution in [0.25, 0.3) is 0 Å². The summed E-state index contributed by atoms with van der Waals surface area (Å²) in [7, 11) is -3.72. The van der Waals surface area contributed by atoms with Gasteiger partial charge in [-0.3, -0.25) is 4.79 Å². The molecule has 21 heavy (non-hydrogen) atoms. The molecule has 114 valence electrons. The van der Waals surface area contributed by atoms with E-state index in [0.717, 1.165) is 17.0 Å². The molecule has 1 heterocycles. The maximum atomic E-state index is 13.1. The molecule has 0 bridgehead atoms. The number of primary sulfonamides is 1. The summed E-state index contributed by atoms with van der Waals surface area (Å²) in [5.41, 5.74) is -0.301. The maximum Gasteiger partial charge on any atom is 0.337 e. The molecule has 0 aromatic heterocycles. The number of carbonyl (C=O) groups is 2. The van der Waals surface area contributed by atoms with Crippen LogP contribution in [-0.2, 0) is 14.8 Å². The van der Waals surface area contributed by atoms with Gasteiger partial charge in [-0.1, -0.05) is 0 Å². The summed E-state index contributed by atoms with van der Waals surface area (Å²) < 4.78 is 35.3. The molecule has 1 aliphatic rings. The number of carboxylic acids is 1. The third kappa shape index (κ3) is 3.56. The second-order valence-corrected chi connectivity index (χ2v) is 6.53. The number of hydrogen-bond donors (Lipinski definition) is 2. The Morgan fingerprint density at radius 2 is 2.14 bits per heavy atom. The predicted molar refractivity (Wildman–Crippen MR) is 71.8 cm³/mol. The first-order valence-electron chi connectivity index (χ1n) is 6.01. The van der Waals surface area contributed by atoms with E-state index in [0.29, 0.717) is 0 Å². The maximum absolute atomic E-state index is 13.1. The van der Waals surface area contributed by atoms with E-state index >= 15 is 0 Å². The Hall–Kier alpha value is -2.00. The van der Waals surface area contributed by atoms with Gasteiger partial charge in [-0.05, 0) is 18.2 Å². The zero-order chi connectivity index (χ0) is 15.8. The van der Waals surface area contributed by atoms with E-state index in [2.05, 4.69) is 0 Å². The molecule has 1 fully saturated rings. The molecule has 0 radical (unpaired) electrons. The third-order valence-corrected chi connectivity index (χ3v) is 4.09. The van der Waals surface area contributed by atoms with Crippen molar-refractivity contribution >= 4 is 27.6 Å². The van der Waals surface area contributed by atoms with E-state index in [1.54, 1.807) is 0 Å². The van der Waals surface area contributed by atoms with Crippen molar-refractivity contribution in [2.24, 2.45) is 11.1 Å². The van der Waals surface area contributed by atoms with E-state index in [1.807, 2.05) is 0 Å². The summed E-state index contributed by atoms with van der Waals surface area (Å²) in [6.07, 6.45) is -0.0487. The number of hydrogen-bond acceptors (Lipinski definition) is 4. The summed E-state index contributed by atoms with van der Waals surface area (Å²) in [5.74, 6) is -3.40. The standard InChI is InChI=1S/C12H13FN2O5S/c13-8-1-2-10(9(4-8)12(17)18)15-5-7(3-11(15)16)6-21(14,19)20/h1-2,4,7H,3,5-6H2,(H,17,18)(H2,14,19,20). The van der Waals surface area contributed by atoms with Crippen LogP contribution in [0.5, 0.6) is 0 Å². The van der Waals surface area contributed by atoms with Gasteiger partial charge < -0.3 is 10.0 Å². The largest absolute Gasteiger partial charge is 0.478 e. The van der Waals surface area contributed by atoms with Gasteiger partial charge in [0.25, 0.3) is 0 Å². The molecule has 3 N–H and O–H groups in total. The van der Waals surface area contributed by atoms with Crippen molar-refractivity contribution in [3.05, 3.63) is 29.6 Å². The average Bonchev–Trinajstić information content (AvgIpc) is 2.67. The van der Waals surface area contributed by atoms with Gasteiger partial charge in [0.15, 0.2) is 0 Å².